The Labute approximate surface area is 131 Å². The van der Waals surface area contributed by atoms with Crippen molar-refractivity contribution in [2.24, 2.45) is 7.05 Å². The summed E-state index contributed by atoms with van der Waals surface area (Å²) in [5.74, 6) is 0. The number of rotatable bonds is 6. The average Bonchev–Trinajstić information content (AvgIpc) is 2.98. The molecule has 0 aliphatic heterocycles. The Hall–Kier alpha value is -0.790. The quantitative estimate of drug-likeness (QED) is 0.862. The summed E-state index contributed by atoms with van der Waals surface area (Å²) >= 11 is 4.87. The highest BCUT2D eigenvalue weighted by molar-refractivity contribution is 9.10. The van der Waals surface area contributed by atoms with Crippen LogP contribution in [0.25, 0.3) is 0 Å². The Balaban J connectivity index is 2.21. The smallest absolute Gasteiger partial charge is 0.0972 e. The second kappa shape index (κ2) is 6.78. The van der Waals surface area contributed by atoms with Crippen molar-refractivity contribution < 1.29 is 5.11 Å². The highest BCUT2D eigenvalue weighted by Gasteiger charge is 2.21. The van der Waals surface area contributed by atoms with E-state index in [1.54, 1.807) is 0 Å². The Bertz CT molecular complexity index is 581. The van der Waals surface area contributed by atoms with Crippen LogP contribution >= 0.6 is 27.5 Å². The molecule has 2 heterocycles. The zero-order valence-electron chi connectivity index (χ0n) is 11.9. The van der Waals surface area contributed by atoms with E-state index in [1.807, 2.05) is 11.7 Å². The van der Waals surface area contributed by atoms with Crippen LogP contribution in [-0.2, 0) is 26.3 Å². The first-order valence-corrected chi connectivity index (χ1v) is 8.34. The fourth-order valence-corrected chi connectivity index (χ4v) is 3.65. The normalized spacial score (nSPS) is 12.8. The third-order valence-electron chi connectivity index (χ3n) is 3.26. The summed E-state index contributed by atoms with van der Waals surface area (Å²) in [7, 11) is 1.91. The fourth-order valence-electron chi connectivity index (χ4n) is 2.20. The minimum absolute atomic E-state index is 0.519. The Morgan fingerprint density at radius 1 is 1.35 bits per heavy atom. The Kier molecular flexibility index (Phi) is 5.29. The predicted octanol–water partition coefficient (Wildman–Crippen LogP) is 2.83. The third kappa shape index (κ3) is 3.10. The van der Waals surface area contributed by atoms with Gasteiger partial charge in [-0.3, -0.25) is 4.68 Å². The molecule has 1 unspecified atom stereocenters. The van der Waals surface area contributed by atoms with Crippen molar-refractivity contribution in [3.63, 3.8) is 0 Å². The highest BCUT2D eigenvalue weighted by Crippen LogP contribution is 2.29. The lowest BCUT2D eigenvalue weighted by atomic mass is 10.1. The first-order valence-electron chi connectivity index (χ1n) is 6.77. The summed E-state index contributed by atoms with van der Waals surface area (Å²) in [6.45, 7) is 4.17. The van der Waals surface area contributed by atoms with E-state index in [0.29, 0.717) is 6.42 Å². The molecule has 0 saturated carbocycles. The lowest BCUT2D eigenvalue weighted by molar-refractivity contribution is 0.178. The van der Waals surface area contributed by atoms with Gasteiger partial charge in [0, 0.05) is 13.5 Å². The molecule has 1 N–H and O–H groups in total. The van der Waals surface area contributed by atoms with Crippen LogP contribution in [0.1, 0.15) is 48.3 Å². The fraction of sp³-hybridized carbons (Fsp3) is 0.615. The van der Waals surface area contributed by atoms with Gasteiger partial charge in [-0.1, -0.05) is 24.8 Å². The molecule has 5 nitrogen and oxygen atoms in total. The van der Waals surface area contributed by atoms with Gasteiger partial charge in [-0.25, -0.2) is 0 Å². The van der Waals surface area contributed by atoms with Crippen LogP contribution in [0.5, 0.6) is 0 Å². The molecule has 0 aliphatic rings. The highest BCUT2D eigenvalue weighted by atomic mass is 79.9. The summed E-state index contributed by atoms with van der Waals surface area (Å²) in [6, 6.07) is 0. The molecule has 0 bridgehead atoms. The van der Waals surface area contributed by atoms with Gasteiger partial charge in [0.05, 0.1) is 32.5 Å². The molecule has 0 aromatic carbocycles. The van der Waals surface area contributed by atoms with Crippen LogP contribution in [0.15, 0.2) is 4.47 Å². The second-order valence-electron chi connectivity index (χ2n) is 4.74. The predicted molar refractivity (Wildman–Crippen MR) is 82.9 cm³/mol. The van der Waals surface area contributed by atoms with Crippen LogP contribution < -0.4 is 0 Å². The van der Waals surface area contributed by atoms with E-state index in [1.165, 1.54) is 11.5 Å². The van der Waals surface area contributed by atoms with Gasteiger partial charge in [0.1, 0.15) is 0 Å². The summed E-state index contributed by atoms with van der Waals surface area (Å²) in [4.78, 5) is 0.873. The topological polar surface area (TPSA) is 63.8 Å². The minimum Gasteiger partial charge on any atom is -0.387 e. The third-order valence-corrected chi connectivity index (χ3v) is 5.05. The monoisotopic (exact) mass is 358 g/mol. The largest absolute Gasteiger partial charge is 0.387 e. The van der Waals surface area contributed by atoms with Crippen LogP contribution in [0, 0.1) is 0 Å². The molecular formula is C13H19BrN4OS. The van der Waals surface area contributed by atoms with E-state index in [4.69, 9.17) is 0 Å². The first-order chi connectivity index (χ1) is 9.58. The van der Waals surface area contributed by atoms with Crippen molar-refractivity contribution in [1.82, 2.24) is 19.4 Å². The van der Waals surface area contributed by atoms with Crippen molar-refractivity contribution in [3.8, 4) is 0 Å². The van der Waals surface area contributed by atoms with Crippen LogP contribution in [-0.4, -0.2) is 24.5 Å². The molecule has 0 saturated heterocycles. The molecule has 2 rings (SSSR count). The average molecular weight is 359 g/mol. The maximum Gasteiger partial charge on any atom is 0.0972 e. The van der Waals surface area contributed by atoms with Crippen molar-refractivity contribution in [2.45, 2.75) is 45.6 Å². The number of aromatic nitrogens is 4. The lowest BCUT2D eigenvalue weighted by Crippen LogP contribution is -2.07. The summed E-state index contributed by atoms with van der Waals surface area (Å²) < 4.78 is 6.80. The van der Waals surface area contributed by atoms with Gasteiger partial charge in [-0.15, -0.1) is 5.10 Å². The number of nitrogens with zero attached hydrogens (tertiary/aromatic N) is 4. The minimum atomic E-state index is -0.576. The van der Waals surface area contributed by atoms with Gasteiger partial charge in [-0.05, 0) is 40.3 Å². The number of hydrogen-bond acceptors (Lipinski definition) is 5. The summed E-state index contributed by atoms with van der Waals surface area (Å²) in [5.41, 5.74) is 2.94. The van der Waals surface area contributed by atoms with Crippen LogP contribution in [0.3, 0.4) is 0 Å². The van der Waals surface area contributed by atoms with Crippen LogP contribution in [0.4, 0.5) is 0 Å². The summed E-state index contributed by atoms with van der Waals surface area (Å²) in [5, 5.41) is 19.0. The van der Waals surface area contributed by atoms with Gasteiger partial charge >= 0.3 is 0 Å². The molecule has 0 radical (unpaired) electrons. The first kappa shape index (κ1) is 15.6. The zero-order chi connectivity index (χ0) is 14.7. The van der Waals surface area contributed by atoms with E-state index in [2.05, 4.69) is 44.5 Å². The van der Waals surface area contributed by atoms with E-state index in [9.17, 15) is 5.11 Å². The van der Waals surface area contributed by atoms with Crippen molar-refractivity contribution in [3.05, 3.63) is 26.4 Å². The molecule has 1 atom stereocenters. The van der Waals surface area contributed by atoms with E-state index in [0.717, 1.165) is 45.7 Å². The molecule has 20 heavy (non-hydrogen) atoms. The molecule has 0 spiro atoms. The number of halogens is 1. The molecule has 0 fully saturated rings. The number of aryl methyl sites for hydroxylation is 3. The Morgan fingerprint density at radius 3 is 2.70 bits per heavy atom. The molecular weight excluding hydrogens is 340 g/mol. The standard InChI is InChI=1S/C13H19BrN4OS/c1-4-6-9-13(20-17-15-9)11(19)7-10-12(14)8(5-2)16-18(10)3/h11,19H,4-7H2,1-3H3. The maximum atomic E-state index is 10.5. The van der Waals surface area contributed by atoms with Gasteiger partial charge in [0.25, 0.3) is 0 Å². The molecule has 2 aromatic heterocycles. The summed E-state index contributed by atoms with van der Waals surface area (Å²) in [6.07, 6.45) is 2.67. The number of aliphatic hydroxyl groups excluding tert-OH is 1. The van der Waals surface area contributed by atoms with Crippen molar-refractivity contribution >= 4 is 27.5 Å². The molecule has 7 heteroatoms. The number of aliphatic hydroxyl groups is 1. The second-order valence-corrected chi connectivity index (χ2v) is 6.32. The molecule has 2 aromatic rings. The van der Waals surface area contributed by atoms with E-state index < -0.39 is 6.10 Å². The van der Waals surface area contributed by atoms with Gasteiger partial charge in [0.15, 0.2) is 0 Å². The Morgan fingerprint density at radius 2 is 2.10 bits per heavy atom. The molecule has 0 aliphatic carbocycles. The van der Waals surface area contributed by atoms with Crippen LogP contribution in [0.2, 0.25) is 0 Å². The molecule has 0 amide bonds. The lowest BCUT2D eigenvalue weighted by Gasteiger charge is -2.10. The van der Waals surface area contributed by atoms with E-state index in [-0.39, 0.29) is 0 Å². The molecule has 110 valence electrons. The zero-order valence-corrected chi connectivity index (χ0v) is 14.3. The van der Waals surface area contributed by atoms with Crippen molar-refractivity contribution in [1.29, 1.82) is 0 Å². The van der Waals surface area contributed by atoms with Crippen molar-refractivity contribution in [2.75, 3.05) is 0 Å². The van der Waals surface area contributed by atoms with Gasteiger partial charge in [-0.2, -0.15) is 5.10 Å². The SMILES string of the molecule is CCCc1nnsc1C(O)Cc1c(Br)c(CC)nn1C. The van der Waals surface area contributed by atoms with E-state index >= 15 is 0 Å². The number of hydrogen-bond donors (Lipinski definition) is 1. The maximum absolute atomic E-state index is 10.5. The van der Waals surface area contributed by atoms with Gasteiger partial charge < -0.3 is 5.11 Å². The van der Waals surface area contributed by atoms with Gasteiger partial charge in [0.2, 0.25) is 0 Å².